The smallest absolute Gasteiger partial charge is 0.193 e. The molecule has 0 aromatic carbocycles. The number of ether oxygens (including phenoxy) is 1. The summed E-state index contributed by atoms with van der Waals surface area (Å²) in [5.74, 6) is 3.89. The summed E-state index contributed by atoms with van der Waals surface area (Å²) in [7, 11) is 0. The predicted molar refractivity (Wildman–Crippen MR) is 39.3 cm³/mol. The molecule has 62 valence electrons. The van der Waals surface area contributed by atoms with Crippen molar-refractivity contribution in [3.63, 3.8) is 0 Å². The van der Waals surface area contributed by atoms with Crippen molar-refractivity contribution in [1.29, 1.82) is 0 Å². The van der Waals surface area contributed by atoms with Gasteiger partial charge in [0.25, 0.3) is 0 Å². The van der Waals surface area contributed by atoms with E-state index in [9.17, 15) is 9.59 Å². The second kappa shape index (κ2) is 2.61. The van der Waals surface area contributed by atoms with Crippen LogP contribution in [0.4, 0.5) is 0 Å². The van der Waals surface area contributed by atoms with Gasteiger partial charge in [-0.05, 0) is 0 Å². The van der Waals surface area contributed by atoms with E-state index in [1.165, 1.54) is 0 Å². The molecular formula is C8H7NO3. The summed E-state index contributed by atoms with van der Waals surface area (Å²) >= 11 is 0. The molecule has 0 aromatic heterocycles. The summed E-state index contributed by atoms with van der Waals surface area (Å²) in [6, 6.07) is 0. The van der Waals surface area contributed by atoms with Gasteiger partial charge < -0.3 is 10.1 Å². The Morgan fingerprint density at radius 1 is 1.17 bits per heavy atom. The zero-order valence-electron chi connectivity index (χ0n) is 6.29. The van der Waals surface area contributed by atoms with Crippen molar-refractivity contribution >= 4 is 11.9 Å². The minimum Gasteiger partial charge on any atom is -0.442 e. The van der Waals surface area contributed by atoms with Gasteiger partial charge in [0.15, 0.2) is 23.4 Å². The molecular weight excluding hydrogens is 158 g/mol. The van der Waals surface area contributed by atoms with E-state index in [1.807, 2.05) is 0 Å². The number of fused-ring (bicyclic) bond motifs is 1. The van der Waals surface area contributed by atoms with E-state index in [0.29, 0.717) is 13.1 Å². The molecule has 2 saturated heterocycles. The number of rotatable bonds is 0. The van der Waals surface area contributed by atoms with Gasteiger partial charge in [-0.25, -0.2) is 9.59 Å². The average molecular weight is 165 g/mol. The van der Waals surface area contributed by atoms with Gasteiger partial charge in [-0.15, -0.1) is 0 Å². The molecule has 2 atom stereocenters. The van der Waals surface area contributed by atoms with Crippen LogP contribution in [0.15, 0.2) is 11.5 Å². The molecule has 2 aliphatic rings. The van der Waals surface area contributed by atoms with Gasteiger partial charge in [0.05, 0.1) is 11.8 Å². The molecule has 0 aromatic rings. The third-order valence-electron chi connectivity index (χ3n) is 2.31. The van der Waals surface area contributed by atoms with Crippen LogP contribution in [-0.2, 0) is 14.3 Å². The monoisotopic (exact) mass is 165 g/mol. The molecule has 2 unspecified atom stereocenters. The third-order valence-corrected chi connectivity index (χ3v) is 2.31. The number of hydrogen-bond acceptors (Lipinski definition) is 4. The summed E-state index contributed by atoms with van der Waals surface area (Å²) < 4.78 is 4.97. The first-order valence-electron chi connectivity index (χ1n) is 3.75. The van der Waals surface area contributed by atoms with Crippen LogP contribution < -0.4 is 5.32 Å². The van der Waals surface area contributed by atoms with E-state index < -0.39 is 0 Å². The summed E-state index contributed by atoms with van der Waals surface area (Å²) in [6.07, 6.45) is 0. The van der Waals surface area contributed by atoms with Crippen LogP contribution in [0.25, 0.3) is 0 Å². The SMILES string of the molecule is O=C=C1OC(=C=O)C2CNCC12. The van der Waals surface area contributed by atoms with Crippen LogP contribution in [-0.4, -0.2) is 25.0 Å². The van der Waals surface area contributed by atoms with Gasteiger partial charge in [0.1, 0.15) is 0 Å². The number of nitrogens with one attached hydrogen (secondary N) is 1. The quantitative estimate of drug-likeness (QED) is 0.481. The van der Waals surface area contributed by atoms with Crippen LogP contribution in [0.5, 0.6) is 0 Å². The van der Waals surface area contributed by atoms with Crippen molar-refractivity contribution in [3.8, 4) is 0 Å². The van der Waals surface area contributed by atoms with E-state index in [4.69, 9.17) is 4.74 Å². The van der Waals surface area contributed by atoms with Crippen molar-refractivity contribution in [2.75, 3.05) is 13.1 Å². The normalized spacial score (nSPS) is 32.3. The van der Waals surface area contributed by atoms with E-state index in [1.54, 1.807) is 11.9 Å². The minimum absolute atomic E-state index is 0.000972. The topological polar surface area (TPSA) is 55.4 Å². The van der Waals surface area contributed by atoms with Gasteiger partial charge >= 0.3 is 0 Å². The lowest BCUT2D eigenvalue weighted by Crippen LogP contribution is -2.11. The predicted octanol–water partition coefficient (Wildman–Crippen LogP) is -0.717. The molecule has 2 fully saturated rings. The summed E-state index contributed by atoms with van der Waals surface area (Å²) in [6.45, 7) is 1.36. The van der Waals surface area contributed by atoms with Gasteiger partial charge in [-0.2, -0.15) is 0 Å². The van der Waals surface area contributed by atoms with Gasteiger partial charge in [-0.1, -0.05) is 0 Å². The highest BCUT2D eigenvalue weighted by Gasteiger charge is 2.43. The zero-order valence-corrected chi connectivity index (χ0v) is 6.29. The summed E-state index contributed by atoms with van der Waals surface area (Å²) in [5.41, 5.74) is 0. The van der Waals surface area contributed by atoms with Crippen LogP contribution >= 0.6 is 0 Å². The van der Waals surface area contributed by atoms with E-state index >= 15 is 0 Å². The van der Waals surface area contributed by atoms with Crippen LogP contribution in [0, 0.1) is 11.8 Å². The molecule has 1 N–H and O–H groups in total. The highest BCUT2D eigenvalue weighted by molar-refractivity contribution is 5.59. The maximum absolute atomic E-state index is 10.4. The Kier molecular flexibility index (Phi) is 1.59. The molecule has 0 spiro atoms. The lowest BCUT2D eigenvalue weighted by molar-refractivity contribution is 0.322. The van der Waals surface area contributed by atoms with E-state index in [0.717, 1.165) is 0 Å². The second-order valence-corrected chi connectivity index (χ2v) is 2.91. The Hall–Kier alpha value is -1.34. The molecule has 2 aliphatic heterocycles. The third kappa shape index (κ3) is 0.836. The average Bonchev–Trinajstić information content (AvgIpc) is 2.63. The first kappa shape index (κ1) is 7.32. The molecule has 0 bridgehead atoms. The standard InChI is InChI=1S/C8H7NO3/c10-3-7-5-1-9-2-6(5)8(4-11)12-7/h5-6,9H,1-2H2. The summed E-state index contributed by atoms with van der Waals surface area (Å²) in [4.78, 5) is 20.7. The fraction of sp³-hybridized carbons (Fsp3) is 0.500. The maximum Gasteiger partial charge on any atom is 0.193 e. The molecule has 12 heavy (non-hydrogen) atoms. The highest BCUT2D eigenvalue weighted by atomic mass is 16.5. The molecule has 2 heterocycles. The fourth-order valence-corrected chi connectivity index (χ4v) is 1.69. The Labute approximate surface area is 68.9 Å². The molecule has 0 amide bonds. The second-order valence-electron chi connectivity index (χ2n) is 2.91. The molecule has 0 radical (unpaired) electrons. The van der Waals surface area contributed by atoms with Crippen LogP contribution in [0.2, 0.25) is 0 Å². The Bertz CT molecular complexity index is 280. The largest absolute Gasteiger partial charge is 0.442 e. The lowest BCUT2D eigenvalue weighted by Gasteiger charge is -1.98. The number of hydrogen-bond donors (Lipinski definition) is 1. The first-order chi connectivity index (χ1) is 5.86. The van der Waals surface area contributed by atoms with Crippen LogP contribution in [0.1, 0.15) is 0 Å². The minimum atomic E-state index is -0.000972. The van der Waals surface area contributed by atoms with Crippen molar-refractivity contribution in [2.45, 2.75) is 0 Å². The van der Waals surface area contributed by atoms with Gasteiger partial charge in [0, 0.05) is 13.1 Å². The fourth-order valence-electron chi connectivity index (χ4n) is 1.69. The molecule has 0 saturated carbocycles. The lowest BCUT2D eigenvalue weighted by atomic mass is 9.97. The molecule has 4 heteroatoms. The Morgan fingerprint density at radius 3 is 2.08 bits per heavy atom. The van der Waals surface area contributed by atoms with Crippen molar-refractivity contribution < 1.29 is 14.3 Å². The van der Waals surface area contributed by atoms with E-state index in [-0.39, 0.29) is 23.4 Å². The van der Waals surface area contributed by atoms with Crippen LogP contribution in [0.3, 0.4) is 0 Å². The van der Waals surface area contributed by atoms with Crippen molar-refractivity contribution in [1.82, 2.24) is 5.32 Å². The van der Waals surface area contributed by atoms with Gasteiger partial charge in [0.2, 0.25) is 0 Å². The van der Waals surface area contributed by atoms with E-state index in [2.05, 4.69) is 5.32 Å². The molecule has 4 nitrogen and oxygen atoms in total. The molecule has 0 aliphatic carbocycles. The first-order valence-corrected chi connectivity index (χ1v) is 3.75. The van der Waals surface area contributed by atoms with Crippen molar-refractivity contribution in [3.05, 3.63) is 11.5 Å². The summed E-state index contributed by atoms with van der Waals surface area (Å²) in [5, 5.41) is 3.07. The van der Waals surface area contributed by atoms with Crippen molar-refractivity contribution in [2.24, 2.45) is 11.8 Å². The molecule has 2 rings (SSSR count). The maximum atomic E-state index is 10.4. The van der Waals surface area contributed by atoms with Gasteiger partial charge in [-0.3, -0.25) is 0 Å². The Balaban J connectivity index is 2.40. The number of carbonyl (C=O) groups excluding carboxylic acids is 2. The highest BCUT2D eigenvalue weighted by Crippen LogP contribution is 2.37. The zero-order chi connectivity index (χ0) is 8.55. The Morgan fingerprint density at radius 2 is 1.67 bits per heavy atom.